The number of aliphatic carboxylic acids is 1. The Morgan fingerprint density at radius 2 is 2.18 bits per heavy atom. The summed E-state index contributed by atoms with van der Waals surface area (Å²) >= 11 is 0. The van der Waals surface area contributed by atoms with E-state index >= 15 is 0 Å². The Kier molecular flexibility index (Phi) is 5.92. The Balaban J connectivity index is 2.31. The Bertz CT molecular complexity index is 244. The minimum absolute atomic E-state index is 0.294. The number of likely N-dealkylation sites (N-methyl/N-ethyl adjacent to an activating group) is 1. The average Bonchev–Trinajstić information content (AvgIpc) is 2.14. The fraction of sp³-hybridized carbons (Fsp3) is 0.923. The summed E-state index contributed by atoms with van der Waals surface area (Å²) in [4.78, 5) is 13.0. The van der Waals surface area contributed by atoms with E-state index < -0.39 is 5.97 Å². The van der Waals surface area contributed by atoms with Gasteiger partial charge in [-0.2, -0.15) is 0 Å². The first kappa shape index (κ1) is 14.5. The van der Waals surface area contributed by atoms with Crippen molar-refractivity contribution in [1.29, 1.82) is 0 Å². The van der Waals surface area contributed by atoms with Crippen LogP contribution in [0.5, 0.6) is 0 Å². The number of carboxylic acids is 1. The lowest BCUT2D eigenvalue weighted by Gasteiger charge is -2.35. The van der Waals surface area contributed by atoms with Crippen LogP contribution in [0.1, 0.15) is 33.1 Å². The number of nitrogens with zero attached hydrogens (tertiary/aromatic N) is 1. The number of rotatable bonds is 6. The summed E-state index contributed by atoms with van der Waals surface area (Å²) in [5.41, 5.74) is 0. The van der Waals surface area contributed by atoms with Gasteiger partial charge in [-0.15, -0.1) is 0 Å². The Labute approximate surface area is 104 Å². The molecular weight excluding hydrogens is 216 g/mol. The van der Waals surface area contributed by atoms with Crippen LogP contribution in [0.15, 0.2) is 0 Å². The van der Waals surface area contributed by atoms with E-state index in [0.717, 1.165) is 32.0 Å². The molecule has 1 aliphatic heterocycles. The van der Waals surface area contributed by atoms with Gasteiger partial charge in [0.05, 0.1) is 0 Å². The maximum atomic E-state index is 10.7. The monoisotopic (exact) mass is 242 g/mol. The van der Waals surface area contributed by atoms with Crippen molar-refractivity contribution in [2.24, 2.45) is 11.8 Å². The lowest BCUT2D eigenvalue weighted by Crippen LogP contribution is -2.48. The Hall–Kier alpha value is -0.610. The second-order valence-electron chi connectivity index (χ2n) is 5.75. The number of likely N-dealkylation sites (tertiary alicyclic amines) is 1. The molecule has 1 heterocycles. The molecule has 0 bridgehead atoms. The molecule has 0 saturated carbocycles. The number of hydrogen-bond acceptors (Lipinski definition) is 3. The van der Waals surface area contributed by atoms with Gasteiger partial charge in [0, 0.05) is 25.6 Å². The van der Waals surface area contributed by atoms with Crippen LogP contribution in [0.4, 0.5) is 0 Å². The molecule has 0 aliphatic carbocycles. The van der Waals surface area contributed by atoms with Crippen molar-refractivity contribution >= 4 is 5.97 Å². The highest BCUT2D eigenvalue weighted by atomic mass is 16.4. The Morgan fingerprint density at radius 1 is 1.47 bits per heavy atom. The van der Waals surface area contributed by atoms with Crippen LogP contribution >= 0.6 is 0 Å². The van der Waals surface area contributed by atoms with E-state index in [-0.39, 0.29) is 0 Å². The summed E-state index contributed by atoms with van der Waals surface area (Å²) in [7, 11) is 2.07. The number of nitrogens with one attached hydrogen (secondary N) is 1. The zero-order valence-electron chi connectivity index (χ0n) is 11.3. The SMILES string of the molecule is CC(C)CCNC1CC(CC(=O)O)CN(C)C1. The van der Waals surface area contributed by atoms with Crippen molar-refractivity contribution < 1.29 is 9.90 Å². The molecule has 0 radical (unpaired) electrons. The van der Waals surface area contributed by atoms with Crippen LogP contribution in [0.3, 0.4) is 0 Å². The molecule has 0 aromatic carbocycles. The van der Waals surface area contributed by atoms with E-state index in [1.165, 1.54) is 6.42 Å². The number of carboxylic acid groups (broad SMARTS) is 1. The molecule has 1 aliphatic rings. The van der Waals surface area contributed by atoms with Crippen molar-refractivity contribution in [3.63, 3.8) is 0 Å². The van der Waals surface area contributed by atoms with Gasteiger partial charge in [0.2, 0.25) is 0 Å². The van der Waals surface area contributed by atoms with E-state index in [1.54, 1.807) is 0 Å². The fourth-order valence-corrected chi connectivity index (χ4v) is 2.56. The molecule has 2 N–H and O–H groups in total. The predicted octanol–water partition coefficient (Wildman–Crippen LogP) is 1.42. The first-order valence-electron chi connectivity index (χ1n) is 6.61. The minimum Gasteiger partial charge on any atom is -0.481 e. The summed E-state index contributed by atoms with van der Waals surface area (Å²) in [6, 6.07) is 0.455. The van der Waals surface area contributed by atoms with Gasteiger partial charge in [0.1, 0.15) is 0 Å². The molecule has 4 nitrogen and oxygen atoms in total. The highest BCUT2D eigenvalue weighted by molar-refractivity contribution is 5.67. The number of carbonyl (C=O) groups is 1. The molecule has 17 heavy (non-hydrogen) atoms. The first-order valence-corrected chi connectivity index (χ1v) is 6.61. The van der Waals surface area contributed by atoms with Gasteiger partial charge in [-0.3, -0.25) is 4.79 Å². The summed E-state index contributed by atoms with van der Waals surface area (Å²) in [6.45, 7) is 7.43. The highest BCUT2D eigenvalue weighted by Crippen LogP contribution is 2.19. The van der Waals surface area contributed by atoms with Crippen molar-refractivity contribution in [1.82, 2.24) is 10.2 Å². The molecule has 0 aromatic rings. The average molecular weight is 242 g/mol. The maximum Gasteiger partial charge on any atom is 0.303 e. The topological polar surface area (TPSA) is 52.6 Å². The van der Waals surface area contributed by atoms with Crippen molar-refractivity contribution in [3.8, 4) is 0 Å². The van der Waals surface area contributed by atoms with Gasteiger partial charge in [-0.05, 0) is 38.3 Å². The molecule has 2 atom stereocenters. The quantitative estimate of drug-likeness (QED) is 0.739. The second-order valence-corrected chi connectivity index (χ2v) is 5.75. The lowest BCUT2D eigenvalue weighted by atomic mass is 9.91. The van der Waals surface area contributed by atoms with Crippen LogP contribution in [-0.2, 0) is 4.79 Å². The molecule has 0 amide bonds. The second kappa shape index (κ2) is 6.97. The molecule has 100 valence electrons. The summed E-state index contributed by atoms with van der Waals surface area (Å²) in [6.07, 6.45) is 2.48. The van der Waals surface area contributed by atoms with Crippen molar-refractivity contribution in [2.45, 2.75) is 39.2 Å². The van der Waals surface area contributed by atoms with Gasteiger partial charge in [0.25, 0.3) is 0 Å². The third-order valence-electron chi connectivity index (χ3n) is 3.34. The molecule has 0 spiro atoms. The Morgan fingerprint density at radius 3 is 2.76 bits per heavy atom. The summed E-state index contributed by atoms with van der Waals surface area (Å²) < 4.78 is 0. The smallest absolute Gasteiger partial charge is 0.303 e. The zero-order valence-corrected chi connectivity index (χ0v) is 11.3. The van der Waals surface area contributed by atoms with Gasteiger partial charge in [-0.1, -0.05) is 13.8 Å². The molecule has 4 heteroatoms. The maximum absolute atomic E-state index is 10.7. The molecule has 1 rings (SSSR count). The van der Waals surface area contributed by atoms with E-state index in [4.69, 9.17) is 5.11 Å². The normalized spacial score (nSPS) is 26.4. The zero-order chi connectivity index (χ0) is 12.8. The van der Waals surface area contributed by atoms with Gasteiger partial charge < -0.3 is 15.3 Å². The van der Waals surface area contributed by atoms with E-state index in [1.807, 2.05) is 0 Å². The summed E-state index contributed by atoms with van der Waals surface area (Å²) in [5.74, 6) is 0.340. The largest absolute Gasteiger partial charge is 0.481 e. The van der Waals surface area contributed by atoms with Crippen LogP contribution < -0.4 is 5.32 Å². The van der Waals surface area contributed by atoms with E-state index in [0.29, 0.717) is 18.4 Å². The molecule has 1 fully saturated rings. The third kappa shape index (κ3) is 6.03. The molecule has 1 saturated heterocycles. The molecule has 2 unspecified atom stereocenters. The minimum atomic E-state index is -0.675. The van der Waals surface area contributed by atoms with Gasteiger partial charge in [-0.25, -0.2) is 0 Å². The first-order chi connectivity index (χ1) is 7.97. The van der Waals surface area contributed by atoms with Gasteiger partial charge >= 0.3 is 5.97 Å². The fourth-order valence-electron chi connectivity index (χ4n) is 2.56. The van der Waals surface area contributed by atoms with E-state index in [9.17, 15) is 4.79 Å². The van der Waals surface area contributed by atoms with Crippen molar-refractivity contribution in [2.75, 3.05) is 26.7 Å². The predicted molar refractivity (Wildman–Crippen MR) is 69.1 cm³/mol. The number of hydrogen-bond donors (Lipinski definition) is 2. The summed E-state index contributed by atoms with van der Waals surface area (Å²) in [5, 5.41) is 12.4. The van der Waals surface area contributed by atoms with Crippen LogP contribution in [0, 0.1) is 11.8 Å². The molecular formula is C13H26N2O2. The van der Waals surface area contributed by atoms with Crippen LogP contribution in [0.2, 0.25) is 0 Å². The van der Waals surface area contributed by atoms with Crippen LogP contribution in [0.25, 0.3) is 0 Å². The van der Waals surface area contributed by atoms with Crippen LogP contribution in [-0.4, -0.2) is 48.7 Å². The standard InChI is InChI=1S/C13H26N2O2/c1-10(2)4-5-14-12-6-11(7-13(16)17)8-15(3)9-12/h10-12,14H,4-9H2,1-3H3,(H,16,17). The highest BCUT2D eigenvalue weighted by Gasteiger charge is 2.26. The molecule has 0 aromatic heterocycles. The van der Waals surface area contributed by atoms with E-state index in [2.05, 4.69) is 31.1 Å². The van der Waals surface area contributed by atoms with Gasteiger partial charge in [0.15, 0.2) is 0 Å². The third-order valence-corrected chi connectivity index (χ3v) is 3.34. The lowest BCUT2D eigenvalue weighted by molar-refractivity contribution is -0.138. The van der Waals surface area contributed by atoms with Crippen molar-refractivity contribution in [3.05, 3.63) is 0 Å². The number of piperidine rings is 1.